The van der Waals surface area contributed by atoms with Crippen molar-refractivity contribution < 1.29 is 19.4 Å². The van der Waals surface area contributed by atoms with Gasteiger partial charge in [-0.05, 0) is 0 Å². The predicted octanol–water partition coefficient (Wildman–Crippen LogP) is -1.35. The van der Waals surface area contributed by atoms with Crippen LogP contribution in [0.1, 0.15) is 0 Å². The van der Waals surface area contributed by atoms with Crippen molar-refractivity contribution in [1.29, 1.82) is 0 Å². The average Bonchev–Trinajstić information content (AvgIpc) is 2.15. The molecule has 0 unspecified atom stereocenters. The van der Waals surface area contributed by atoms with Crippen LogP contribution in [0, 0.1) is 0 Å². The summed E-state index contributed by atoms with van der Waals surface area (Å²) < 4.78 is 10.2. The number of ether oxygens (including phenoxy) is 2. The molecule has 0 aliphatic carbocycles. The molecule has 0 aliphatic rings. The Morgan fingerprint density at radius 3 is 2.43 bits per heavy atom. The third-order valence-electron chi connectivity index (χ3n) is 1.33. The Hall–Kier alpha value is -0.690. The minimum atomic E-state index is -0.865. The monoisotopic (exact) mass is 206 g/mol. The summed E-state index contributed by atoms with van der Waals surface area (Å²) >= 11 is 0. The Kier molecular flexibility index (Phi) is 9.88. The zero-order valence-corrected chi connectivity index (χ0v) is 8.20. The lowest BCUT2D eigenvalue weighted by Crippen LogP contribution is -2.26. The van der Waals surface area contributed by atoms with Crippen LogP contribution in [0.4, 0.5) is 0 Å². The first kappa shape index (κ1) is 13.3. The SMILES string of the molecule is NCCOCCOCCNCC(=O)O. The number of rotatable bonds is 10. The lowest BCUT2D eigenvalue weighted by molar-refractivity contribution is -0.136. The van der Waals surface area contributed by atoms with Gasteiger partial charge in [0.15, 0.2) is 0 Å². The highest BCUT2D eigenvalue weighted by Gasteiger charge is 1.94. The fraction of sp³-hybridized carbons (Fsp3) is 0.875. The molecule has 0 bridgehead atoms. The minimum Gasteiger partial charge on any atom is -0.480 e. The van der Waals surface area contributed by atoms with Crippen LogP contribution < -0.4 is 11.1 Å². The summed E-state index contributed by atoms with van der Waals surface area (Å²) in [7, 11) is 0. The zero-order chi connectivity index (χ0) is 10.6. The molecule has 0 aromatic rings. The standard InChI is InChI=1S/C8H18N2O4/c9-1-3-13-5-6-14-4-2-10-7-8(11)12/h10H,1-7,9H2,(H,11,12). The quantitative estimate of drug-likeness (QED) is 0.383. The number of nitrogens with one attached hydrogen (secondary N) is 1. The van der Waals surface area contributed by atoms with Crippen molar-refractivity contribution in [3.8, 4) is 0 Å². The summed E-state index contributed by atoms with van der Waals surface area (Å²) in [5, 5.41) is 11.0. The van der Waals surface area contributed by atoms with Crippen molar-refractivity contribution in [1.82, 2.24) is 5.32 Å². The van der Waals surface area contributed by atoms with Crippen LogP contribution in [0.15, 0.2) is 0 Å². The molecule has 14 heavy (non-hydrogen) atoms. The molecule has 0 radical (unpaired) electrons. The third kappa shape index (κ3) is 11.3. The number of carboxylic acids is 1. The van der Waals surface area contributed by atoms with E-state index in [0.29, 0.717) is 39.5 Å². The number of nitrogens with two attached hydrogens (primary N) is 1. The van der Waals surface area contributed by atoms with E-state index < -0.39 is 5.97 Å². The molecule has 0 aliphatic heterocycles. The lowest BCUT2D eigenvalue weighted by Gasteiger charge is -2.04. The minimum absolute atomic E-state index is 0.0347. The molecule has 6 heteroatoms. The Bertz CT molecular complexity index is 143. The van der Waals surface area contributed by atoms with Gasteiger partial charge < -0.3 is 25.6 Å². The van der Waals surface area contributed by atoms with Gasteiger partial charge in [0.2, 0.25) is 0 Å². The molecular weight excluding hydrogens is 188 g/mol. The second-order valence-corrected chi connectivity index (χ2v) is 2.58. The molecule has 0 spiro atoms. The first-order valence-corrected chi connectivity index (χ1v) is 4.55. The van der Waals surface area contributed by atoms with Gasteiger partial charge in [0.1, 0.15) is 0 Å². The fourth-order valence-corrected chi connectivity index (χ4v) is 0.745. The van der Waals surface area contributed by atoms with Crippen molar-refractivity contribution in [3.63, 3.8) is 0 Å². The lowest BCUT2D eigenvalue weighted by atomic mass is 10.6. The van der Waals surface area contributed by atoms with Gasteiger partial charge in [-0.1, -0.05) is 0 Å². The van der Waals surface area contributed by atoms with Crippen molar-refractivity contribution in [2.24, 2.45) is 5.73 Å². The predicted molar refractivity (Wildman–Crippen MR) is 51.2 cm³/mol. The fourth-order valence-electron chi connectivity index (χ4n) is 0.745. The summed E-state index contributed by atoms with van der Waals surface area (Å²) in [6, 6.07) is 0. The summed E-state index contributed by atoms with van der Waals surface area (Å²) in [5.74, 6) is -0.865. The van der Waals surface area contributed by atoms with E-state index in [4.69, 9.17) is 20.3 Å². The van der Waals surface area contributed by atoms with Crippen LogP contribution in [0.5, 0.6) is 0 Å². The summed E-state index contributed by atoms with van der Waals surface area (Å²) in [6.07, 6.45) is 0. The zero-order valence-electron chi connectivity index (χ0n) is 8.20. The molecule has 0 atom stereocenters. The Morgan fingerprint density at radius 2 is 1.86 bits per heavy atom. The molecule has 0 fully saturated rings. The van der Waals surface area contributed by atoms with Crippen molar-refractivity contribution >= 4 is 5.97 Å². The van der Waals surface area contributed by atoms with Gasteiger partial charge in [0.05, 0.1) is 33.0 Å². The molecule has 4 N–H and O–H groups in total. The van der Waals surface area contributed by atoms with Crippen LogP contribution >= 0.6 is 0 Å². The first-order valence-electron chi connectivity index (χ1n) is 4.55. The molecule has 6 nitrogen and oxygen atoms in total. The van der Waals surface area contributed by atoms with Gasteiger partial charge in [-0.25, -0.2) is 0 Å². The van der Waals surface area contributed by atoms with Crippen molar-refractivity contribution in [3.05, 3.63) is 0 Å². The second kappa shape index (κ2) is 10.4. The summed E-state index contributed by atoms with van der Waals surface area (Å²) in [6.45, 7) is 3.07. The second-order valence-electron chi connectivity index (χ2n) is 2.58. The van der Waals surface area contributed by atoms with E-state index in [2.05, 4.69) is 5.32 Å². The van der Waals surface area contributed by atoms with Crippen LogP contribution in [-0.2, 0) is 14.3 Å². The Balaban J connectivity index is 2.88. The van der Waals surface area contributed by atoms with Gasteiger partial charge in [-0.15, -0.1) is 0 Å². The normalized spacial score (nSPS) is 10.4. The topological polar surface area (TPSA) is 93.8 Å². The number of carboxylic acid groups (broad SMARTS) is 1. The molecular formula is C8H18N2O4. The van der Waals surface area contributed by atoms with Gasteiger partial charge in [-0.3, -0.25) is 4.79 Å². The molecule has 0 aromatic heterocycles. The highest BCUT2D eigenvalue weighted by atomic mass is 16.5. The van der Waals surface area contributed by atoms with E-state index >= 15 is 0 Å². The van der Waals surface area contributed by atoms with E-state index in [1.165, 1.54) is 0 Å². The summed E-state index contributed by atoms with van der Waals surface area (Å²) in [4.78, 5) is 10.1. The van der Waals surface area contributed by atoms with Gasteiger partial charge >= 0.3 is 5.97 Å². The highest BCUT2D eigenvalue weighted by molar-refractivity contribution is 5.68. The molecule has 0 saturated carbocycles. The Morgan fingerprint density at radius 1 is 1.21 bits per heavy atom. The van der Waals surface area contributed by atoms with E-state index in [-0.39, 0.29) is 6.54 Å². The molecule has 0 aromatic carbocycles. The Labute approximate surface area is 83.4 Å². The van der Waals surface area contributed by atoms with Crippen molar-refractivity contribution in [2.45, 2.75) is 0 Å². The smallest absolute Gasteiger partial charge is 0.317 e. The maximum absolute atomic E-state index is 10.1. The highest BCUT2D eigenvalue weighted by Crippen LogP contribution is 1.77. The molecule has 84 valence electrons. The van der Waals surface area contributed by atoms with E-state index in [1.807, 2.05) is 0 Å². The van der Waals surface area contributed by atoms with Crippen LogP contribution in [-0.4, -0.2) is 57.1 Å². The van der Waals surface area contributed by atoms with Crippen LogP contribution in [0.3, 0.4) is 0 Å². The van der Waals surface area contributed by atoms with E-state index in [9.17, 15) is 4.79 Å². The summed E-state index contributed by atoms with van der Waals surface area (Å²) in [5.41, 5.74) is 5.21. The van der Waals surface area contributed by atoms with Crippen LogP contribution in [0.2, 0.25) is 0 Å². The maximum Gasteiger partial charge on any atom is 0.317 e. The van der Waals surface area contributed by atoms with Gasteiger partial charge in [0.25, 0.3) is 0 Å². The third-order valence-corrected chi connectivity index (χ3v) is 1.33. The van der Waals surface area contributed by atoms with Crippen LogP contribution in [0.25, 0.3) is 0 Å². The molecule has 0 saturated heterocycles. The molecule has 0 amide bonds. The number of hydrogen-bond acceptors (Lipinski definition) is 5. The number of carbonyl (C=O) groups is 1. The van der Waals surface area contributed by atoms with Crippen molar-refractivity contribution in [2.75, 3.05) is 46.1 Å². The number of hydrogen-bond donors (Lipinski definition) is 3. The molecule has 0 rings (SSSR count). The van der Waals surface area contributed by atoms with E-state index in [1.54, 1.807) is 0 Å². The van der Waals surface area contributed by atoms with E-state index in [0.717, 1.165) is 0 Å². The molecule has 0 heterocycles. The van der Waals surface area contributed by atoms with Gasteiger partial charge in [0, 0.05) is 13.1 Å². The van der Waals surface area contributed by atoms with Gasteiger partial charge in [-0.2, -0.15) is 0 Å². The first-order chi connectivity index (χ1) is 6.77. The maximum atomic E-state index is 10.1. The largest absolute Gasteiger partial charge is 0.480 e. The number of aliphatic carboxylic acids is 1. The average molecular weight is 206 g/mol.